The number of aryl methyl sites for hydroxylation is 1. The number of phenols is 1. The first kappa shape index (κ1) is 12.6. The fraction of sp³-hybridized carbons (Fsp3) is 0.0625. The van der Waals surface area contributed by atoms with E-state index in [1.54, 1.807) is 24.3 Å². The molecule has 0 saturated carbocycles. The number of hydrogen-bond acceptors (Lipinski definition) is 5. The van der Waals surface area contributed by atoms with E-state index in [0.717, 1.165) is 28.0 Å². The number of nitrogens with zero attached hydrogens (tertiary/aromatic N) is 3. The molecule has 0 aliphatic rings. The molecule has 2 aromatic heterocycles. The highest BCUT2D eigenvalue weighted by atomic mass is 16.5. The molecular weight excluding hydrogens is 280 g/mol. The van der Waals surface area contributed by atoms with Gasteiger partial charge in [-0.3, -0.25) is 0 Å². The van der Waals surface area contributed by atoms with Crippen molar-refractivity contribution >= 4 is 11.0 Å². The Kier molecular flexibility index (Phi) is 2.69. The standard InChI is InChI=1S/C16H12N4O2/c1-9-17-13-7-4-11(8-14(13)18-9)16-19-15(20-22-16)10-2-5-12(21)6-3-10/h2-8,21H,1H3,(H,17,18). The summed E-state index contributed by atoms with van der Waals surface area (Å²) in [4.78, 5) is 12.0. The quantitative estimate of drug-likeness (QED) is 0.592. The Bertz CT molecular complexity index is 954. The maximum atomic E-state index is 9.32. The molecule has 4 aromatic rings. The van der Waals surface area contributed by atoms with Crippen LogP contribution in [0.5, 0.6) is 5.75 Å². The molecule has 0 unspecified atom stereocenters. The normalized spacial score (nSPS) is 11.1. The lowest BCUT2D eigenvalue weighted by Gasteiger charge is -1.94. The summed E-state index contributed by atoms with van der Waals surface area (Å²) in [7, 11) is 0. The van der Waals surface area contributed by atoms with E-state index in [1.165, 1.54) is 0 Å². The van der Waals surface area contributed by atoms with Crippen LogP contribution in [-0.4, -0.2) is 25.2 Å². The summed E-state index contributed by atoms with van der Waals surface area (Å²) in [5.41, 5.74) is 3.43. The third kappa shape index (κ3) is 2.10. The second kappa shape index (κ2) is 4.70. The van der Waals surface area contributed by atoms with Gasteiger partial charge in [-0.2, -0.15) is 4.98 Å². The van der Waals surface area contributed by atoms with Crippen LogP contribution in [0.3, 0.4) is 0 Å². The summed E-state index contributed by atoms with van der Waals surface area (Å²) >= 11 is 0. The molecule has 0 aliphatic heterocycles. The van der Waals surface area contributed by atoms with Crippen LogP contribution >= 0.6 is 0 Å². The fourth-order valence-corrected chi connectivity index (χ4v) is 2.33. The molecule has 6 nitrogen and oxygen atoms in total. The first-order valence-corrected chi connectivity index (χ1v) is 6.79. The van der Waals surface area contributed by atoms with Crippen LogP contribution in [0.4, 0.5) is 0 Å². The SMILES string of the molecule is Cc1nc2cc(-c3nc(-c4ccc(O)cc4)no3)ccc2[nH]1. The summed E-state index contributed by atoms with van der Waals surface area (Å²) in [6.45, 7) is 1.91. The number of phenolic OH excluding ortho intramolecular Hbond substituents is 1. The van der Waals surface area contributed by atoms with Crippen LogP contribution in [0.25, 0.3) is 33.9 Å². The number of H-pyrrole nitrogens is 1. The van der Waals surface area contributed by atoms with Gasteiger partial charge >= 0.3 is 0 Å². The summed E-state index contributed by atoms with van der Waals surface area (Å²) in [5, 5.41) is 13.3. The molecule has 2 aromatic carbocycles. The minimum atomic E-state index is 0.201. The van der Waals surface area contributed by atoms with Gasteiger partial charge in [-0.1, -0.05) is 5.16 Å². The maximum Gasteiger partial charge on any atom is 0.258 e. The number of aromatic nitrogens is 4. The third-order valence-corrected chi connectivity index (χ3v) is 3.40. The lowest BCUT2D eigenvalue weighted by Crippen LogP contribution is -1.81. The van der Waals surface area contributed by atoms with E-state index in [2.05, 4.69) is 20.1 Å². The Hall–Kier alpha value is -3.15. The summed E-state index contributed by atoms with van der Waals surface area (Å²) in [6.07, 6.45) is 0. The second-order valence-electron chi connectivity index (χ2n) is 5.02. The lowest BCUT2D eigenvalue weighted by molar-refractivity contribution is 0.432. The number of nitrogens with one attached hydrogen (secondary N) is 1. The van der Waals surface area contributed by atoms with Crippen molar-refractivity contribution < 1.29 is 9.63 Å². The van der Waals surface area contributed by atoms with Gasteiger partial charge in [0.15, 0.2) is 0 Å². The van der Waals surface area contributed by atoms with E-state index in [9.17, 15) is 5.11 Å². The zero-order valence-electron chi connectivity index (χ0n) is 11.7. The molecule has 0 spiro atoms. The number of aromatic amines is 1. The molecule has 0 bridgehead atoms. The zero-order chi connectivity index (χ0) is 15.1. The Balaban J connectivity index is 1.74. The highest BCUT2D eigenvalue weighted by Crippen LogP contribution is 2.25. The molecule has 0 aliphatic carbocycles. The lowest BCUT2D eigenvalue weighted by atomic mass is 10.2. The molecule has 6 heteroatoms. The molecule has 108 valence electrons. The molecule has 2 heterocycles. The Morgan fingerprint density at radius 1 is 1.00 bits per heavy atom. The van der Waals surface area contributed by atoms with E-state index in [1.807, 2.05) is 25.1 Å². The van der Waals surface area contributed by atoms with E-state index in [-0.39, 0.29) is 5.75 Å². The van der Waals surface area contributed by atoms with Crippen LogP contribution in [-0.2, 0) is 0 Å². The van der Waals surface area contributed by atoms with Gasteiger partial charge in [-0.15, -0.1) is 0 Å². The van der Waals surface area contributed by atoms with Crippen molar-refractivity contribution in [3.05, 3.63) is 48.3 Å². The largest absolute Gasteiger partial charge is 0.508 e. The highest BCUT2D eigenvalue weighted by molar-refractivity contribution is 5.80. The number of benzene rings is 2. The predicted octanol–water partition coefficient (Wildman–Crippen LogP) is 3.29. The minimum Gasteiger partial charge on any atom is -0.508 e. The van der Waals surface area contributed by atoms with E-state index >= 15 is 0 Å². The number of hydrogen-bond donors (Lipinski definition) is 2. The Morgan fingerprint density at radius 2 is 1.77 bits per heavy atom. The van der Waals surface area contributed by atoms with Gasteiger partial charge < -0.3 is 14.6 Å². The minimum absolute atomic E-state index is 0.201. The van der Waals surface area contributed by atoms with Gasteiger partial charge in [0.1, 0.15) is 11.6 Å². The highest BCUT2D eigenvalue weighted by Gasteiger charge is 2.12. The van der Waals surface area contributed by atoms with Gasteiger partial charge in [0, 0.05) is 11.1 Å². The molecule has 4 rings (SSSR count). The van der Waals surface area contributed by atoms with Crippen molar-refractivity contribution in [3.8, 4) is 28.6 Å². The van der Waals surface area contributed by atoms with Crippen LogP contribution in [0, 0.1) is 6.92 Å². The molecule has 22 heavy (non-hydrogen) atoms. The molecule has 0 amide bonds. The van der Waals surface area contributed by atoms with Gasteiger partial charge in [0.2, 0.25) is 5.82 Å². The molecule has 0 fully saturated rings. The summed E-state index contributed by atoms with van der Waals surface area (Å²) < 4.78 is 5.33. The van der Waals surface area contributed by atoms with Crippen LogP contribution in [0.1, 0.15) is 5.82 Å². The summed E-state index contributed by atoms with van der Waals surface area (Å²) in [5.74, 6) is 1.98. The van der Waals surface area contributed by atoms with E-state index in [4.69, 9.17) is 4.52 Å². The molecule has 0 saturated heterocycles. The van der Waals surface area contributed by atoms with E-state index in [0.29, 0.717) is 11.7 Å². The summed E-state index contributed by atoms with van der Waals surface area (Å²) in [6, 6.07) is 12.4. The van der Waals surface area contributed by atoms with Crippen molar-refractivity contribution in [2.24, 2.45) is 0 Å². The van der Waals surface area contributed by atoms with Crippen molar-refractivity contribution in [2.75, 3.05) is 0 Å². The Labute approximate surface area is 125 Å². The second-order valence-corrected chi connectivity index (χ2v) is 5.02. The Morgan fingerprint density at radius 3 is 2.59 bits per heavy atom. The van der Waals surface area contributed by atoms with Crippen LogP contribution in [0.2, 0.25) is 0 Å². The topological polar surface area (TPSA) is 87.8 Å². The van der Waals surface area contributed by atoms with Crippen LogP contribution in [0.15, 0.2) is 47.0 Å². The van der Waals surface area contributed by atoms with Gasteiger partial charge in [0.25, 0.3) is 5.89 Å². The van der Waals surface area contributed by atoms with Crippen molar-refractivity contribution in [2.45, 2.75) is 6.92 Å². The van der Waals surface area contributed by atoms with Gasteiger partial charge in [-0.25, -0.2) is 4.98 Å². The first-order valence-electron chi connectivity index (χ1n) is 6.79. The fourth-order valence-electron chi connectivity index (χ4n) is 2.33. The van der Waals surface area contributed by atoms with Crippen LogP contribution < -0.4 is 0 Å². The average Bonchev–Trinajstić information content (AvgIpc) is 3.12. The maximum absolute atomic E-state index is 9.32. The van der Waals surface area contributed by atoms with Crippen molar-refractivity contribution in [1.82, 2.24) is 20.1 Å². The molecular formula is C16H12N4O2. The number of fused-ring (bicyclic) bond motifs is 1. The van der Waals surface area contributed by atoms with Crippen molar-refractivity contribution in [1.29, 1.82) is 0 Å². The first-order chi connectivity index (χ1) is 10.7. The van der Waals surface area contributed by atoms with E-state index < -0.39 is 0 Å². The number of rotatable bonds is 2. The number of aromatic hydroxyl groups is 1. The molecule has 0 atom stereocenters. The molecule has 2 N–H and O–H groups in total. The third-order valence-electron chi connectivity index (χ3n) is 3.40. The smallest absolute Gasteiger partial charge is 0.258 e. The monoisotopic (exact) mass is 292 g/mol. The average molecular weight is 292 g/mol. The van der Waals surface area contributed by atoms with Gasteiger partial charge in [0.05, 0.1) is 11.0 Å². The predicted molar refractivity (Wildman–Crippen MR) is 81.2 cm³/mol. The van der Waals surface area contributed by atoms with Gasteiger partial charge in [-0.05, 0) is 49.4 Å². The molecule has 0 radical (unpaired) electrons. The van der Waals surface area contributed by atoms with Crippen molar-refractivity contribution in [3.63, 3.8) is 0 Å². The number of imidazole rings is 1. The zero-order valence-corrected chi connectivity index (χ0v) is 11.7.